The largest absolute Gasteiger partial charge is 0.384 e. The Hall–Kier alpha value is 0.270. The molecule has 0 rings (SSSR count). The Balaban J connectivity index is 3.84. The number of methoxy groups -OCH3 is 1. The minimum absolute atomic E-state index is 0.217. The van der Waals surface area contributed by atoms with E-state index in [9.17, 15) is 0 Å². The molecule has 15 heavy (non-hydrogen) atoms. The maximum atomic E-state index is 5.08. The molecule has 0 fully saturated rings. The van der Waals surface area contributed by atoms with Gasteiger partial charge in [0.2, 0.25) is 0 Å². The molecule has 0 saturated heterocycles. The average molecular weight is 233 g/mol. The molecule has 1 N–H and O–H groups in total. The monoisotopic (exact) mass is 233 g/mol. The fraction of sp³-hybridized carbons (Fsp3) is 1.00. The molecule has 2 nitrogen and oxygen atoms in total. The fourth-order valence-electron chi connectivity index (χ4n) is 1.18. The van der Waals surface area contributed by atoms with Gasteiger partial charge in [0.15, 0.2) is 0 Å². The van der Waals surface area contributed by atoms with Gasteiger partial charge in [0, 0.05) is 30.2 Å². The summed E-state index contributed by atoms with van der Waals surface area (Å²) in [5.41, 5.74) is 0.217. The van der Waals surface area contributed by atoms with Gasteiger partial charge < -0.3 is 10.1 Å². The molecule has 0 spiro atoms. The molecule has 3 heteroatoms. The van der Waals surface area contributed by atoms with Crippen LogP contribution in [0.3, 0.4) is 0 Å². The van der Waals surface area contributed by atoms with Crippen molar-refractivity contribution in [3.05, 3.63) is 0 Å². The third-order valence-electron chi connectivity index (χ3n) is 2.20. The third kappa shape index (κ3) is 9.21. The Bertz CT molecular complexity index is 154. The van der Waals surface area contributed by atoms with E-state index in [1.165, 1.54) is 0 Å². The first-order valence-electron chi connectivity index (χ1n) is 5.72. The fourth-order valence-corrected chi connectivity index (χ4v) is 2.33. The van der Waals surface area contributed by atoms with Crippen LogP contribution < -0.4 is 5.32 Å². The van der Waals surface area contributed by atoms with Crippen LogP contribution in [-0.4, -0.2) is 36.8 Å². The highest BCUT2D eigenvalue weighted by atomic mass is 32.2. The highest BCUT2D eigenvalue weighted by molar-refractivity contribution is 7.99. The van der Waals surface area contributed by atoms with E-state index in [-0.39, 0.29) is 5.54 Å². The standard InChI is InChI=1S/C12H27NOS/c1-10(2)11(15-8-7-14-6)9-13-12(3,4)5/h10-11,13H,7-9H2,1-6H3. The summed E-state index contributed by atoms with van der Waals surface area (Å²) in [5.74, 6) is 1.80. The van der Waals surface area contributed by atoms with Crippen LogP contribution in [-0.2, 0) is 4.74 Å². The first kappa shape index (κ1) is 15.3. The van der Waals surface area contributed by atoms with E-state index in [1.54, 1.807) is 7.11 Å². The summed E-state index contributed by atoms with van der Waals surface area (Å²) < 4.78 is 5.08. The normalized spacial score (nSPS) is 14.6. The predicted octanol–water partition coefficient (Wildman–Crippen LogP) is 2.78. The summed E-state index contributed by atoms with van der Waals surface area (Å²) in [7, 11) is 1.76. The highest BCUT2D eigenvalue weighted by Crippen LogP contribution is 2.19. The highest BCUT2D eigenvalue weighted by Gasteiger charge is 2.17. The summed E-state index contributed by atoms with van der Waals surface area (Å²) >= 11 is 2.01. The first-order chi connectivity index (χ1) is 6.87. The molecule has 0 aliphatic carbocycles. The Morgan fingerprint density at radius 2 is 1.87 bits per heavy atom. The number of thioether (sulfide) groups is 1. The molecular weight excluding hydrogens is 206 g/mol. The van der Waals surface area contributed by atoms with E-state index in [1.807, 2.05) is 11.8 Å². The number of ether oxygens (including phenoxy) is 1. The second kappa shape index (κ2) is 7.53. The summed E-state index contributed by atoms with van der Waals surface area (Å²) in [5, 5.41) is 4.25. The zero-order valence-electron chi connectivity index (χ0n) is 11.1. The quantitative estimate of drug-likeness (QED) is 0.683. The van der Waals surface area contributed by atoms with Crippen LogP contribution in [0.15, 0.2) is 0 Å². The molecule has 0 heterocycles. The van der Waals surface area contributed by atoms with E-state index in [0.717, 1.165) is 18.9 Å². The van der Waals surface area contributed by atoms with Crippen LogP contribution in [0, 0.1) is 5.92 Å². The van der Waals surface area contributed by atoms with Crippen LogP contribution in [0.25, 0.3) is 0 Å². The Labute approximate surface area is 99.5 Å². The number of hydrogen-bond donors (Lipinski definition) is 1. The minimum Gasteiger partial charge on any atom is -0.384 e. The zero-order chi connectivity index (χ0) is 11.9. The lowest BCUT2D eigenvalue weighted by Gasteiger charge is -2.27. The summed E-state index contributed by atoms with van der Waals surface area (Å²) in [6.07, 6.45) is 0. The van der Waals surface area contributed by atoms with Crippen molar-refractivity contribution in [3.63, 3.8) is 0 Å². The van der Waals surface area contributed by atoms with E-state index in [4.69, 9.17) is 4.74 Å². The summed E-state index contributed by atoms with van der Waals surface area (Å²) in [6, 6.07) is 0. The van der Waals surface area contributed by atoms with Gasteiger partial charge in [0.05, 0.1) is 6.61 Å². The molecule has 0 aliphatic rings. The van der Waals surface area contributed by atoms with Crippen molar-refractivity contribution >= 4 is 11.8 Å². The summed E-state index contributed by atoms with van der Waals surface area (Å²) in [6.45, 7) is 13.1. The zero-order valence-corrected chi connectivity index (χ0v) is 11.9. The van der Waals surface area contributed by atoms with Crippen molar-refractivity contribution in [1.29, 1.82) is 0 Å². The Kier molecular flexibility index (Phi) is 7.66. The van der Waals surface area contributed by atoms with Crippen molar-refractivity contribution in [3.8, 4) is 0 Å². The van der Waals surface area contributed by atoms with E-state index < -0.39 is 0 Å². The third-order valence-corrected chi connectivity index (χ3v) is 3.74. The van der Waals surface area contributed by atoms with Gasteiger partial charge in [0.25, 0.3) is 0 Å². The van der Waals surface area contributed by atoms with Crippen molar-refractivity contribution in [2.75, 3.05) is 26.0 Å². The molecule has 0 aliphatic heterocycles. The van der Waals surface area contributed by atoms with Crippen LogP contribution in [0.5, 0.6) is 0 Å². The first-order valence-corrected chi connectivity index (χ1v) is 6.77. The van der Waals surface area contributed by atoms with Gasteiger partial charge in [-0.3, -0.25) is 0 Å². The lowest BCUT2D eigenvalue weighted by molar-refractivity contribution is 0.218. The molecule has 0 radical (unpaired) electrons. The van der Waals surface area contributed by atoms with Gasteiger partial charge in [0.1, 0.15) is 0 Å². The van der Waals surface area contributed by atoms with Crippen LogP contribution >= 0.6 is 11.8 Å². The molecular formula is C12H27NOS. The van der Waals surface area contributed by atoms with Crippen molar-refractivity contribution in [2.45, 2.75) is 45.4 Å². The summed E-state index contributed by atoms with van der Waals surface area (Å²) in [4.78, 5) is 0. The van der Waals surface area contributed by atoms with Crippen LogP contribution in [0.1, 0.15) is 34.6 Å². The van der Waals surface area contributed by atoms with Gasteiger partial charge in [-0.05, 0) is 26.7 Å². The van der Waals surface area contributed by atoms with Crippen molar-refractivity contribution < 1.29 is 4.74 Å². The van der Waals surface area contributed by atoms with E-state index in [0.29, 0.717) is 11.2 Å². The average Bonchev–Trinajstić information content (AvgIpc) is 2.08. The number of hydrogen-bond acceptors (Lipinski definition) is 3. The van der Waals surface area contributed by atoms with Crippen LogP contribution in [0.2, 0.25) is 0 Å². The maximum absolute atomic E-state index is 5.08. The van der Waals surface area contributed by atoms with Gasteiger partial charge in [-0.15, -0.1) is 0 Å². The smallest absolute Gasteiger partial charge is 0.0553 e. The lowest BCUT2D eigenvalue weighted by atomic mass is 10.1. The number of rotatable bonds is 7. The molecule has 1 unspecified atom stereocenters. The molecule has 1 atom stereocenters. The molecule has 0 aromatic carbocycles. The van der Waals surface area contributed by atoms with Crippen molar-refractivity contribution in [1.82, 2.24) is 5.32 Å². The molecule has 0 saturated carbocycles. The second-order valence-corrected chi connectivity index (χ2v) is 6.62. The minimum atomic E-state index is 0.217. The lowest BCUT2D eigenvalue weighted by Crippen LogP contribution is -2.41. The molecule has 0 aromatic rings. The maximum Gasteiger partial charge on any atom is 0.0553 e. The van der Waals surface area contributed by atoms with Gasteiger partial charge in [-0.1, -0.05) is 13.8 Å². The van der Waals surface area contributed by atoms with E-state index >= 15 is 0 Å². The topological polar surface area (TPSA) is 21.3 Å². The van der Waals surface area contributed by atoms with Crippen LogP contribution in [0.4, 0.5) is 0 Å². The Morgan fingerprint density at radius 3 is 2.27 bits per heavy atom. The van der Waals surface area contributed by atoms with Crippen molar-refractivity contribution in [2.24, 2.45) is 5.92 Å². The second-order valence-electron chi connectivity index (χ2n) is 5.28. The van der Waals surface area contributed by atoms with E-state index in [2.05, 4.69) is 39.9 Å². The molecule has 0 bridgehead atoms. The van der Waals surface area contributed by atoms with Gasteiger partial charge >= 0.3 is 0 Å². The molecule has 92 valence electrons. The predicted molar refractivity (Wildman–Crippen MR) is 70.7 cm³/mol. The molecule has 0 amide bonds. The Morgan fingerprint density at radius 1 is 1.27 bits per heavy atom. The number of nitrogens with one attached hydrogen (secondary N) is 1. The SMILES string of the molecule is COCCSC(CNC(C)(C)C)C(C)C. The van der Waals surface area contributed by atoms with Gasteiger partial charge in [-0.2, -0.15) is 11.8 Å². The van der Waals surface area contributed by atoms with Gasteiger partial charge in [-0.25, -0.2) is 0 Å². The molecule has 0 aromatic heterocycles.